The Morgan fingerprint density at radius 1 is 1.27 bits per heavy atom. The minimum atomic E-state index is -0.593. The van der Waals surface area contributed by atoms with Gasteiger partial charge in [-0.15, -0.1) is 0 Å². The van der Waals surface area contributed by atoms with Gasteiger partial charge in [-0.25, -0.2) is 4.79 Å². The number of H-pyrrole nitrogens is 1. The Morgan fingerprint density at radius 3 is 2.82 bits per heavy atom. The number of nitrogens with zero attached hydrogens (tertiary/aromatic N) is 2. The van der Waals surface area contributed by atoms with Crippen molar-refractivity contribution < 1.29 is 5.11 Å². The van der Waals surface area contributed by atoms with Gasteiger partial charge in [-0.1, -0.05) is 18.2 Å². The average Bonchev–Trinajstić information content (AvgIpc) is 3.24. The van der Waals surface area contributed by atoms with Gasteiger partial charge in [0.15, 0.2) is 0 Å². The van der Waals surface area contributed by atoms with Crippen molar-refractivity contribution in [2.75, 3.05) is 0 Å². The number of aliphatic imine (C=N–C) groups is 1. The molecule has 1 saturated carbocycles. The molecule has 0 saturated heterocycles. The monoisotopic (exact) mass is 295 g/mol. The second kappa shape index (κ2) is 4.56. The standard InChI is InChI=1S/C16H13N3O3/c20-14-12(15(21)19(10-5-6-10)16(22)18-14)7-9-8-17-13-4-2-1-3-11(9)13/h1-4,7-8,10,21H,5-6H2,(H,18,20,22). The zero-order valence-corrected chi connectivity index (χ0v) is 11.6. The summed E-state index contributed by atoms with van der Waals surface area (Å²) in [5.41, 5.74) is 1.38. The topological polar surface area (TPSA) is 87.5 Å². The fourth-order valence-corrected chi connectivity index (χ4v) is 2.66. The molecule has 110 valence electrons. The molecule has 1 aromatic carbocycles. The maximum absolute atomic E-state index is 12.0. The smallest absolute Gasteiger partial charge is 0.331 e. The summed E-state index contributed by atoms with van der Waals surface area (Å²) in [6.07, 6.45) is 4.89. The minimum Gasteiger partial charge on any atom is -0.494 e. The maximum Gasteiger partial charge on any atom is 0.331 e. The Morgan fingerprint density at radius 2 is 2.05 bits per heavy atom. The van der Waals surface area contributed by atoms with Gasteiger partial charge in [0, 0.05) is 23.4 Å². The molecule has 0 atom stereocenters. The maximum atomic E-state index is 12.0. The van der Waals surface area contributed by atoms with Gasteiger partial charge in [0.1, 0.15) is 5.56 Å². The van der Waals surface area contributed by atoms with E-state index in [1.165, 1.54) is 4.57 Å². The summed E-state index contributed by atoms with van der Waals surface area (Å²) >= 11 is 0. The fraction of sp³-hybridized carbons (Fsp3) is 0.188. The van der Waals surface area contributed by atoms with E-state index in [1.54, 1.807) is 12.3 Å². The van der Waals surface area contributed by atoms with Crippen molar-refractivity contribution in [3.05, 3.63) is 56.2 Å². The number of para-hydroxylation sites is 1. The SMILES string of the molecule is O=c1[nH]c(=O)n(C2CC2)c(O)c1C=C1C=Nc2ccccc21. The van der Waals surface area contributed by atoms with Crippen LogP contribution in [0.1, 0.15) is 30.0 Å². The van der Waals surface area contributed by atoms with Crippen LogP contribution in [-0.2, 0) is 0 Å². The number of rotatable bonds is 2. The minimum absolute atomic E-state index is 0.0222. The Balaban J connectivity index is 1.90. The van der Waals surface area contributed by atoms with Gasteiger partial charge in [0.25, 0.3) is 5.56 Å². The molecule has 1 aliphatic heterocycles. The van der Waals surface area contributed by atoms with Crippen LogP contribution in [0.2, 0.25) is 0 Å². The molecule has 0 unspecified atom stereocenters. The van der Waals surface area contributed by atoms with Gasteiger partial charge >= 0.3 is 5.69 Å². The van der Waals surface area contributed by atoms with Crippen LogP contribution in [0.15, 0.2) is 38.8 Å². The van der Waals surface area contributed by atoms with Crippen LogP contribution in [0.3, 0.4) is 0 Å². The van der Waals surface area contributed by atoms with Crippen molar-refractivity contribution in [2.45, 2.75) is 18.9 Å². The Bertz CT molecular complexity index is 946. The van der Waals surface area contributed by atoms with E-state index in [4.69, 9.17) is 0 Å². The normalized spacial score (nSPS) is 17.9. The highest BCUT2D eigenvalue weighted by atomic mass is 16.3. The third-order valence-electron chi connectivity index (χ3n) is 3.92. The highest BCUT2D eigenvalue weighted by Crippen LogP contribution is 2.37. The fourth-order valence-electron chi connectivity index (χ4n) is 2.66. The van der Waals surface area contributed by atoms with Crippen molar-refractivity contribution in [3.63, 3.8) is 0 Å². The summed E-state index contributed by atoms with van der Waals surface area (Å²) in [6.45, 7) is 0. The Hall–Kier alpha value is -2.89. The molecule has 1 aromatic heterocycles. The van der Waals surface area contributed by atoms with Crippen molar-refractivity contribution in [3.8, 4) is 5.88 Å². The molecule has 2 aromatic rings. The van der Waals surface area contributed by atoms with Crippen LogP contribution in [0, 0.1) is 0 Å². The summed E-state index contributed by atoms with van der Waals surface area (Å²) in [5, 5.41) is 10.3. The van der Waals surface area contributed by atoms with E-state index in [1.807, 2.05) is 24.3 Å². The summed E-state index contributed by atoms with van der Waals surface area (Å²) in [4.78, 5) is 30.4. The molecule has 6 nitrogen and oxygen atoms in total. The molecule has 0 amide bonds. The third-order valence-corrected chi connectivity index (χ3v) is 3.92. The van der Waals surface area contributed by atoms with Gasteiger partial charge in [-0.3, -0.25) is 19.3 Å². The average molecular weight is 295 g/mol. The first kappa shape index (κ1) is 12.8. The summed E-state index contributed by atoms with van der Waals surface area (Å²) in [5.74, 6) is -0.276. The molecule has 2 aliphatic rings. The molecular formula is C16H13N3O3. The number of nitrogens with one attached hydrogen (secondary N) is 1. The Labute approximate surface area is 125 Å². The van der Waals surface area contributed by atoms with Gasteiger partial charge in [0.2, 0.25) is 5.88 Å². The molecule has 0 spiro atoms. The second-order valence-corrected chi connectivity index (χ2v) is 5.47. The molecular weight excluding hydrogens is 282 g/mol. The number of aromatic nitrogens is 2. The molecule has 0 radical (unpaired) electrons. The van der Waals surface area contributed by atoms with Crippen LogP contribution in [-0.4, -0.2) is 20.9 Å². The van der Waals surface area contributed by atoms with Crippen molar-refractivity contribution >= 4 is 23.6 Å². The molecule has 2 N–H and O–H groups in total. The molecule has 1 fully saturated rings. The first-order chi connectivity index (χ1) is 10.6. The quantitative estimate of drug-likeness (QED) is 0.886. The predicted octanol–water partition coefficient (Wildman–Crippen LogP) is 1.83. The van der Waals surface area contributed by atoms with Gasteiger partial charge in [0.05, 0.1) is 5.69 Å². The van der Waals surface area contributed by atoms with Gasteiger partial charge in [-0.2, -0.15) is 0 Å². The number of aromatic amines is 1. The van der Waals surface area contributed by atoms with Crippen LogP contribution < -0.4 is 11.2 Å². The molecule has 1 aliphatic carbocycles. The highest BCUT2D eigenvalue weighted by molar-refractivity contribution is 6.21. The molecule has 6 heteroatoms. The lowest BCUT2D eigenvalue weighted by molar-refractivity contribution is 0.401. The first-order valence-corrected chi connectivity index (χ1v) is 7.08. The second-order valence-electron chi connectivity index (χ2n) is 5.47. The lowest BCUT2D eigenvalue weighted by Crippen LogP contribution is -2.30. The number of fused-ring (bicyclic) bond motifs is 1. The molecule has 4 rings (SSSR count). The van der Waals surface area contributed by atoms with Crippen molar-refractivity contribution in [1.82, 2.24) is 9.55 Å². The molecule has 2 heterocycles. The summed E-state index contributed by atoms with van der Waals surface area (Å²) in [6, 6.07) is 7.52. The van der Waals surface area contributed by atoms with Crippen LogP contribution in [0.4, 0.5) is 5.69 Å². The van der Waals surface area contributed by atoms with Crippen molar-refractivity contribution in [2.24, 2.45) is 4.99 Å². The Kier molecular flexibility index (Phi) is 2.66. The van der Waals surface area contributed by atoms with E-state index in [0.29, 0.717) is 0 Å². The number of hydrogen-bond acceptors (Lipinski definition) is 4. The van der Waals surface area contributed by atoms with Crippen molar-refractivity contribution in [1.29, 1.82) is 0 Å². The van der Waals surface area contributed by atoms with E-state index in [9.17, 15) is 14.7 Å². The first-order valence-electron chi connectivity index (χ1n) is 7.08. The van der Waals surface area contributed by atoms with E-state index in [-0.39, 0.29) is 17.5 Å². The van der Waals surface area contributed by atoms with E-state index in [0.717, 1.165) is 29.7 Å². The van der Waals surface area contributed by atoms with Crippen LogP contribution in [0.5, 0.6) is 5.88 Å². The molecule has 0 bridgehead atoms. The van der Waals surface area contributed by atoms with E-state index < -0.39 is 11.2 Å². The van der Waals surface area contributed by atoms with Crippen LogP contribution in [0.25, 0.3) is 11.6 Å². The van der Waals surface area contributed by atoms with E-state index >= 15 is 0 Å². The number of allylic oxidation sites excluding steroid dienone is 1. The largest absolute Gasteiger partial charge is 0.494 e. The van der Waals surface area contributed by atoms with Gasteiger partial charge in [-0.05, 0) is 25.0 Å². The summed E-state index contributed by atoms with van der Waals surface area (Å²) in [7, 11) is 0. The lowest BCUT2D eigenvalue weighted by Gasteiger charge is -2.08. The molecule has 22 heavy (non-hydrogen) atoms. The lowest BCUT2D eigenvalue weighted by atomic mass is 10.1. The number of benzene rings is 1. The zero-order chi connectivity index (χ0) is 15.3. The van der Waals surface area contributed by atoms with Gasteiger partial charge < -0.3 is 5.11 Å². The third kappa shape index (κ3) is 1.92. The highest BCUT2D eigenvalue weighted by Gasteiger charge is 2.29. The number of hydrogen-bond donors (Lipinski definition) is 2. The van der Waals surface area contributed by atoms with Crippen LogP contribution >= 0.6 is 0 Å². The van der Waals surface area contributed by atoms with E-state index in [2.05, 4.69) is 9.98 Å². The predicted molar refractivity (Wildman–Crippen MR) is 83.7 cm³/mol. The number of aromatic hydroxyl groups is 1. The summed E-state index contributed by atoms with van der Waals surface area (Å²) < 4.78 is 1.26. The zero-order valence-electron chi connectivity index (χ0n) is 11.6.